The lowest BCUT2D eigenvalue weighted by Crippen LogP contribution is -2.46. The molecule has 2 rings (SSSR count). The smallest absolute Gasteiger partial charge is 0.251 e. The summed E-state index contributed by atoms with van der Waals surface area (Å²) < 4.78 is 12.8. The van der Waals surface area contributed by atoms with E-state index in [-0.39, 0.29) is 23.7 Å². The molecule has 5 nitrogen and oxygen atoms in total. The van der Waals surface area contributed by atoms with Crippen molar-refractivity contribution in [1.29, 1.82) is 0 Å². The normalized spacial score (nSPS) is 20.8. The van der Waals surface area contributed by atoms with Gasteiger partial charge in [-0.25, -0.2) is 4.39 Å². The van der Waals surface area contributed by atoms with Crippen LogP contribution >= 0.6 is 0 Å². The van der Waals surface area contributed by atoms with Gasteiger partial charge in [0.25, 0.3) is 5.91 Å². The third kappa shape index (κ3) is 5.98. The van der Waals surface area contributed by atoms with E-state index in [0.29, 0.717) is 31.0 Å². The van der Waals surface area contributed by atoms with Crippen LogP contribution < -0.4 is 16.0 Å². The predicted molar refractivity (Wildman–Crippen MR) is 86.6 cm³/mol. The molecule has 126 valence electrons. The molecule has 2 unspecified atom stereocenters. The average Bonchev–Trinajstić information content (AvgIpc) is 2.52. The van der Waals surface area contributed by atoms with Gasteiger partial charge in [-0.15, -0.1) is 0 Å². The molecular weight excluding hydrogens is 297 g/mol. The van der Waals surface area contributed by atoms with E-state index >= 15 is 0 Å². The van der Waals surface area contributed by atoms with Gasteiger partial charge in [-0.3, -0.25) is 9.59 Å². The molecule has 0 aromatic heterocycles. The summed E-state index contributed by atoms with van der Waals surface area (Å²) in [5, 5.41) is 9.12. The first kappa shape index (κ1) is 17.4. The van der Waals surface area contributed by atoms with E-state index in [1.807, 2.05) is 0 Å². The van der Waals surface area contributed by atoms with E-state index in [0.717, 1.165) is 19.4 Å². The number of amides is 2. The summed E-state index contributed by atoms with van der Waals surface area (Å²) in [6, 6.07) is 6.06. The zero-order valence-corrected chi connectivity index (χ0v) is 13.4. The average molecular weight is 321 g/mol. The van der Waals surface area contributed by atoms with E-state index in [9.17, 15) is 14.0 Å². The Morgan fingerprint density at radius 1 is 1.30 bits per heavy atom. The number of nitrogens with one attached hydrogen (secondary N) is 3. The van der Waals surface area contributed by atoms with Crippen LogP contribution in [0.5, 0.6) is 0 Å². The van der Waals surface area contributed by atoms with Crippen LogP contribution in [0.4, 0.5) is 4.39 Å². The molecule has 1 aromatic rings. The summed E-state index contributed by atoms with van der Waals surface area (Å²) in [4.78, 5) is 23.7. The predicted octanol–water partition coefficient (Wildman–Crippen LogP) is 1.59. The van der Waals surface area contributed by atoms with Gasteiger partial charge in [0.05, 0.1) is 0 Å². The van der Waals surface area contributed by atoms with Gasteiger partial charge >= 0.3 is 0 Å². The lowest BCUT2D eigenvalue weighted by Gasteiger charge is -2.28. The SMILES string of the molecule is CC1CC(NC(=O)CCCNC(=O)c2ccc(F)cc2)CCN1. The fraction of sp³-hybridized carbons (Fsp3) is 0.529. The van der Waals surface area contributed by atoms with Gasteiger partial charge in [-0.2, -0.15) is 0 Å². The Balaban J connectivity index is 1.62. The molecule has 2 atom stereocenters. The molecule has 1 saturated heterocycles. The number of carbonyl (C=O) groups excluding carboxylic acids is 2. The van der Waals surface area contributed by atoms with Crippen molar-refractivity contribution in [3.63, 3.8) is 0 Å². The van der Waals surface area contributed by atoms with Crippen molar-refractivity contribution >= 4 is 11.8 Å². The van der Waals surface area contributed by atoms with Crippen molar-refractivity contribution in [3.8, 4) is 0 Å². The van der Waals surface area contributed by atoms with E-state index in [1.54, 1.807) is 0 Å². The minimum atomic E-state index is -0.370. The molecule has 1 aliphatic rings. The molecule has 3 N–H and O–H groups in total. The molecule has 6 heteroatoms. The van der Waals surface area contributed by atoms with Crippen LogP contribution in [-0.4, -0.2) is 37.0 Å². The third-order valence-corrected chi connectivity index (χ3v) is 3.96. The van der Waals surface area contributed by atoms with Crippen LogP contribution in [0.25, 0.3) is 0 Å². The van der Waals surface area contributed by atoms with Gasteiger partial charge in [0.15, 0.2) is 0 Å². The Kier molecular flexibility index (Phi) is 6.52. The Bertz CT molecular complexity index is 533. The highest BCUT2D eigenvalue weighted by Crippen LogP contribution is 2.08. The molecule has 1 aromatic carbocycles. The van der Waals surface area contributed by atoms with E-state index in [1.165, 1.54) is 24.3 Å². The van der Waals surface area contributed by atoms with Gasteiger partial charge in [-0.1, -0.05) is 0 Å². The largest absolute Gasteiger partial charge is 0.353 e. The number of halogens is 1. The number of hydrogen-bond acceptors (Lipinski definition) is 3. The quantitative estimate of drug-likeness (QED) is 0.697. The fourth-order valence-electron chi connectivity index (χ4n) is 2.72. The molecule has 0 spiro atoms. The number of benzene rings is 1. The highest BCUT2D eigenvalue weighted by atomic mass is 19.1. The van der Waals surface area contributed by atoms with Crippen molar-refractivity contribution in [2.45, 2.75) is 44.7 Å². The van der Waals surface area contributed by atoms with Gasteiger partial charge in [0.1, 0.15) is 5.82 Å². The number of hydrogen-bond donors (Lipinski definition) is 3. The fourth-order valence-corrected chi connectivity index (χ4v) is 2.72. The summed E-state index contributed by atoms with van der Waals surface area (Å²) in [5.74, 6) is -0.594. The van der Waals surface area contributed by atoms with E-state index < -0.39 is 0 Å². The molecule has 0 bridgehead atoms. The van der Waals surface area contributed by atoms with E-state index in [2.05, 4.69) is 22.9 Å². The topological polar surface area (TPSA) is 70.2 Å². The van der Waals surface area contributed by atoms with Crippen LogP contribution in [0.3, 0.4) is 0 Å². The highest BCUT2D eigenvalue weighted by molar-refractivity contribution is 5.94. The molecule has 1 heterocycles. The summed E-state index contributed by atoms with van der Waals surface area (Å²) in [7, 11) is 0. The minimum Gasteiger partial charge on any atom is -0.353 e. The summed E-state index contributed by atoms with van der Waals surface area (Å²) >= 11 is 0. The van der Waals surface area contributed by atoms with Crippen molar-refractivity contribution in [1.82, 2.24) is 16.0 Å². The van der Waals surface area contributed by atoms with Crippen molar-refractivity contribution in [2.75, 3.05) is 13.1 Å². The molecule has 0 saturated carbocycles. The second-order valence-corrected chi connectivity index (χ2v) is 6.01. The zero-order chi connectivity index (χ0) is 16.7. The van der Waals surface area contributed by atoms with Crippen LogP contribution in [0, 0.1) is 5.82 Å². The minimum absolute atomic E-state index is 0.0279. The first-order chi connectivity index (χ1) is 11.0. The molecule has 23 heavy (non-hydrogen) atoms. The Morgan fingerprint density at radius 3 is 2.74 bits per heavy atom. The maximum absolute atomic E-state index is 12.8. The Labute approximate surface area is 136 Å². The Hall–Kier alpha value is -1.95. The summed E-state index contributed by atoms with van der Waals surface area (Å²) in [6.07, 6.45) is 2.88. The zero-order valence-electron chi connectivity index (χ0n) is 13.4. The van der Waals surface area contributed by atoms with E-state index in [4.69, 9.17) is 0 Å². The standard InChI is InChI=1S/C17H24FN3O2/c1-12-11-15(8-10-19-12)21-16(22)3-2-9-20-17(23)13-4-6-14(18)7-5-13/h4-7,12,15,19H,2-3,8-11H2,1H3,(H,20,23)(H,21,22). The van der Waals surface area contributed by atoms with Crippen LogP contribution in [0.2, 0.25) is 0 Å². The van der Waals surface area contributed by atoms with Crippen molar-refractivity contribution in [3.05, 3.63) is 35.6 Å². The number of rotatable bonds is 6. The lowest BCUT2D eigenvalue weighted by molar-refractivity contribution is -0.122. The summed E-state index contributed by atoms with van der Waals surface area (Å²) in [6.45, 7) is 3.47. The van der Waals surface area contributed by atoms with Crippen LogP contribution in [0.15, 0.2) is 24.3 Å². The monoisotopic (exact) mass is 321 g/mol. The molecular formula is C17H24FN3O2. The van der Waals surface area contributed by atoms with Gasteiger partial charge in [-0.05, 0) is 57.0 Å². The first-order valence-electron chi connectivity index (χ1n) is 8.11. The first-order valence-corrected chi connectivity index (χ1v) is 8.11. The Morgan fingerprint density at radius 2 is 2.04 bits per heavy atom. The van der Waals surface area contributed by atoms with Gasteiger partial charge in [0.2, 0.25) is 5.91 Å². The molecule has 0 radical (unpaired) electrons. The molecule has 1 aliphatic heterocycles. The van der Waals surface area contributed by atoms with Crippen molar-refractivity contribution in [2.24, 2.45) is 0 Å². The lowest BCUT2D eigenvalue weighted by atomic mass is 10.0. The second-order valence-electron chi connectivity index (χ2n) is 6.01. The van der Waals surface area contributed by atoms with Crippen LogP contribution in [0.1, 0.15) is 43.0 Å². The van der Waals surface area contributed by atoms with Gasteiger partial charge < -0.3 is 16.0 Å². The molecule has 2 amide bonds. The van der Waals surface area contributed by atoms with Crippen LogP contribution in [-0.2, 0) is 4.79 Å². The maximum Gasteiger partial charge on any atom is 0.251 e. The molecule has 0 aliphatic carbocycles. The van der Waals surface area contributed by atoms with Gasteiger partial charge in [0, 0.05) is 30.6 Å². The maximum atomic E-state index is 12.8. The third-order valence-electron chi connectivity index (χ3n) is 3.96. The van der Waals surface area contributed by atoms with Crippen molar-refractivity contribution < 1.29 is 14.0 Å². The number of carbonyl (C=O) groups is 2. The highest BCUT2D eigenvalue weighted by Gasteiger charge is 2.19. The summed E-state index contributed by atoms with van der Waals surface area (Å²) in [5.41, 5.74) is 0.416. The second kappa shape index (κ2) is 8.62. The number of piperidine rings is 1. The molecule has 1 fully saturated rings.